The maximum absolute atomic E-state index is 12.2. The van der Waals surface area contributed by atoms with Gasteiger partial charge >= 0.3 is 5.97 Å². The van der Waals surface area contributed by atoms with Gasteiger partial charge in [0.1, 0.15) is 18.1 Å². The monoisotopic (exact) mass is 386 g/mol. The summed E-state index contributed by atoms with van der Waals surface area (Å²) >= 11 is 0. The van der Waals surface area contributed by atoms with Gasteiger partial charge in [-0.25, -0.2) is 4.79 Å². The van der Waals surface area contributed by atoms with Crippen LogP contribution in [0.3, 0.4) is 0 Å². The molecule has 1 aromatic heterocycles. The molecule has 0 fully saturated rings. The molecule has 0 saturated heterocycles. The first-order chi connectivity index (χ1) is 13.2. The predicted molar refractivity (Wildman–Crippen MR) is 105 cm³/mol. The molecule has 0 aliphatic heterocycles. The fraction of sp³-hybridized carbons (Fsp3) is 0.381. The number of hydrogen-bond donors (Lipinski definition) is 2. The lowest BCUT2D eigenvalue weighted by Gasteiger charge is -2.10. The van der Waals surface area contributed by atoms with Crippen LogP contribution in [0.15, 0.2) is 18.2 Å². The Hall–Kier alpha value is -3.09. The van der Waals surface area contributed by atoms with Gasteiger partial charge in [0, 0.05) is 11.3 Å². The third kappa shape index (κ3) is 5.22. The molecule has 0 spiro atoms. The van der Waals surface area contributed by atoms with E-state index in [4.69, 9.17) is 9.47 Å². The SMILES string of the molecule is CC(=O)c1c(C)[nH]c(C(=O)OCC(=O)NCCOc2ccc(C)cc2C)c1C. The van der Waals surface area contributed by atoms with Gasteiger partial charge in [-0.05, 0) is 51.8 Å². The maximum atomic E-state index is 12.2. The first-order valence-electron chi connectivity index (χ1n) is 9.04. The number of hydrogen-bond acceptors (Lipinski definition) is 5. The number of ether oxygens (including phenoxy) is 2. The van der Waals surface area contributed by atoms with Crippen molar-refractivity contribution >= 4 is 17.7 Å². The van der Waals surface area contributed by atoms with Crippen LogP contribution in [-0.2, 0) is 9.53 Å². The Balaban J connectivity index is 1.77. The molecular formula is C21H26N2O5. The zero-order valence-electron chi connectivity index (χ0n) is 16.9. The normalized spacial score (nSPS) is 10.5. The van der Waals surface area contributed by atoms with Crippen molar-refractivity contribution in [3.63, 3.8) is 0 Å². The number of ketones is 1. The number of carbonyl (C=O) groups excluding carboxylic acids is 3. The first kappa shape index (κ1) is 21.2. The number of aromatic nitrogens is 1. The zero-order chi connectivity index (χ0) is 20.8. The summed E-state index contributed by atoms with van der Waals surface area (Å²) < 4.78 is 10.7. The molecule has 2 N–H and O–H groups in total. The van der Waals surface area contributed by atoms with Gasteiger partial charge in [-0.2, -0.15) is 0 Å². The smallest absolute Gasteiger partial charge is 0.355 e. The van der Waals surface area contributed by atoms with Crippen LogP contribution in [0.5, 0.6) is 5.75 Å². The highest BCUT2D eigenvalue weighted by molar-refractivity contribution is 6.01. The molecule has 0 unspecified atom stereocenters. The molecule has 1 heterocycles. The van der Waals surface area contributed by atoms with Gasteiger partial charge in [0.2, 0.25) is 0 Å². The third-order valence-corrected chi connectivity index (χ3v) is 4.34. The van der Waals surface area contributed by atoms with Crippen LogP contribution in [0.1, 0.15) is 50.2 Å². The van der Waals surface area contributed by atoms with Crippen molar-refractivity contribution in [3.05, 3.63) is 51.8 Å². The minimum Gasteiger partial charge on any atom is -0.491 e. The van der Waals surface area contributed by atoms with Gasteiger partial charge in [0.15, 0.2) is 12.4 Å². The van der Waals surface area contributed by atoms with Crippen LogP contribution in [0.25, 0.3) is 0 Å². The summed E-state index contributed by atoms with van der Waals surface area (Å²) in [5.41, 5.74) is 3.97. The highest BCUT2D eigenvalue weighted by atomic mass is 16.5. The molecule has 28 heavy (non-hydrogen) atoms. The Labute approximate surface area is 164 Å². The van der Waals surface area contributed by atoms with Gasteiger partial charge in [-0.3, -0.25) is 9.59 Å². The molecule has 150 valence electrons. The second-order valence-corrected chi connectivity index (χ2v) is 6.72. The minimum atomic E-state index is -0.671. The zero-order valence-corrected chi connectivity index (χ0v) is 16.9. The van der Waals surface area contributed by atoms with Crippen molar-refractivity contribution in [2.75, 3.05) is 19.8 Å². The van der Waals surface area contributed by atoms with Gasteiger partial charge in [-0.15, -0.1) is 0 Å². The second kappa shape index (κ2) is 9.21. The Morgan fingerprint density at radius 1 is 1.11 bits per heavy atom. The molecule has 7 heteroatoms. The van der Waals surface area contributed by atoms with E-state index < -0.39 is 18.5 Å². The summed E-state index contributed by atoms with van der Waals surface area (Å²) in [7, 11) is 0. The third-order valence-electron chi connectivity index (χ3n) is 4.34. The number of nitrogens with one attached hydrogen (secondary N) is 2. The van der Waals surface area contributed by atoms with Crippen LogP contribution < -0.4 is 10.1 Å². The number of rotatable bonds is 8. The van der Waals surface area contributed by atoms with Crippen molar-refractivity contribution in [1.29, 1.82) is 0 Å². The Bertz CT molecular complexity index is 898. The van der Waals surface area contributed by atoms with Crippen molar-refractivity contribution in [2.24, 2.45) is 0 Å². The number of benzene rings is 1. The molecule has 1 amide bonds. The molecule has 0 aliphatic carbocycles. The van der Waals surface area contributed by atoms with Crippen molar-refractivity contribution in [3.8, 4) is 5.75 Å². The van der Waals surface area contributed by atoms with Crippen LogP contribution in [0.2, 0.25) is 0 Å². The largest absolute Gasteiger partial charge is 0.491 e. The molecule has 0 atom stereocenters. The molecule has 0 radical (unpaired) electrons. The lowest BCUT2D eigenvalue weighted by Crippen LogP contribution is -2.32. The van der Waals surface area contributed by atoms with Gasteiger partial charge < -0.3 is 19.8 Å². The molecule has 7 nitrogen and oxygen atoms in total. The van der Waals surface area contributed by atoms with E-state index in [9.17, 15) is 14.4 Å². The minimum absolute atomic E-state index is 0.133. The van der Waals surface area contributed by atoms with Crippen LogP contribution >= 0.6 is 0 Å². The predicted octanol–water partition coefficient (Wildman–Crippen LogP) is 2.80. The number of Topliss-reactive ketones (excluding diaryl/α,β-unsaturated/α-hetero) is 1. The van der Waals surface area contributed by atoms with Gasteiger partial charge in [0.05, 0.1) is 6.54 Å². The van der Waals surface area contributed by atoms with Crippen LogP contribution in [-0.4, -0.2) is 42.4 Å². The van der Waals surface area contributed by atoms with Crippen LogP contribution in [0, 0.1) is 27.7 Å². The summed E-state index contributed by atoms with van der Waals surface area (Å²) in [6.07, 6.45) is 0. The number of carbonyl (C=O) groups is 3. The molecule has 2 aromatic rings. The maximum Gasteiger partial charge on any atom is 0.355 e. The standard InChI is InChI=1S/C21H26N2O5/c1-12-6-7-17(13(2)10-12)27-9-8-22-18(25)11-28-21(26)20-14(3)19(16(5)24)15(4)23-20/h6-7,10,23H,8-9,11H2,1-5H3,(H,22,25). The lowest BCUT2D eigenvalue weighted by molar-refractivity contribution is -0.124. The van der Waals surface area contributed by atoms with E-state index in [2.05, 4.69) is 10.3 Å². The van der Waals surface area contributed by atoms with Gasteiger partial charge in [-0.1, -0.05) is 17.7 Å². The van der Waals surface area contributed by atoms with E-state index in [-0.39, 0.29) is 11.5 Å². The van der Waals surface area contributed by atoms with E-state index in [1.54, 1.807) is 13.8 Å². The first-order valence-corrected chi connectivity index (χ1v) is 9.04. The fourth-order valence-electron chi connectivity index (χ4n) is 3.05. The average molecular weight is 386 g/mol. The molecule has 2 rings (SSSR count). The highest BCUT2D eigenvalue weighted by Gasteiger charge is 2.21. The van der Waals surface area contributed by atoms with E-state index >= 15 is 0 Å². The average Bonchev–Trinajstić information content (AvgIpc) is 2.92. The van der Waals surface area contributed by atoms with Crippen LogP contribution in [0.4, 0.5) is 0 Å². The van der Waals surface area contributed by atoms with E-state index in [1.807, 2.05) is 32.0 Å². The Morgan fingerprint density at radius 2 is 1.82 bits per heavy atom. The summed E-state index contributed by atoms with van der Waals surface area (Å²) in [4.78, 5) is 38.5. The Kier molecular flexibility index (Phi) is 6.98. The topological polar surface area (TPSA) is 97.5 Å². The quantitative estimate of drug-likeness (QED) is 0.413. The molecule has 0 aliphatic rings. The summed E-state index contributed by atoms with van der Waals surface area (Å²) in [6, 6.07) is 5.88. The van der Waals surface area contributed by atoms with Crippen molar-refractivity contribution in [2.45, 2.75) is 34.6 Å². The van der Waals surface area contributed by atoms with Crippen molar-refractivity contribution in [1.82, 2.24) is 10.3 Å². The number of amides is 1. The van der Waals surface area contributed by atoms with E-state index in [0.29, 0.717) is 30.0 Å². The second-order valence-electron chi connectivity index (χ2n) is 6.72. The lowest BCUT2D eigenvalue weighted by atomic mass is 10.1. The number of H-pyrrole nitrogens is 1. The summed E-state index contributed by atoms with van der Waals surface area (Å²) in [5, 5.41) is 2.63. The molecule has 0 saturated carbocycles. The molecular weight excluding hydrogens is 360 g/mol. The van der Waals surface area contributed by atoms with E-state index in [0.717, 1.165) is 16.9 Å². The van der Waals surface area contributed by atoms with Crippen molar-refractivity contribution < 1.29 is 23.9 Å². The molecule has 0 bridgehead atoms. The summed E-state index contributed by atoms with van der Waals surface area (Å²) in [5.74, 6) is -0.461. The number of esters is 1. The highest BCUT2D eigenvalue weighted by Crippen LogP contribution is 2.19. The summed E-state index contributed by atoms with van der Waals surface area (Å²) in [6.45, 7) is 8.97. The van der Waals surface area contributed by atoms with Gasteiger partial charge in [0.25, 0.3) is 5.91 Å². The number of aromatic amines is 1. The Morgan fingerprint density at radius 3 is 2.43 bits per heavy atom. The number of aryl methyl sites for hydroxylation is 3. The van der Waals surface area contributed by atoms with E-state index in [1.165, 1.54) is 6.92 Å². The molecule has 1 aromatic carbocycles. The fourth-order valence-corrected chi connectivity index (χ4v) is 3.05.